The molecule has 0 saturated heterocycles. The molecule has 0 aliphatic carbocycles. The number of sulfonamides is 1. The number of hydrogen-bond acceptors (Lipinski definition) is 5. The number of halogens is 1. The number of hydrogen-bond donors (Lipinski definition) is 1. The van der Waals surface area contributed by atoms with E-state index in [9.17, 15) is 22.4 Å². The van der Waals surface area contributed by atoms with Crippen LogP contribution in [0, 0.1) is 12.7 Å². The number of para-hydroxylation sites is 1. The third-order valence-electron chi connectivity index (χ3n) is 6.86. The Morgan fingerprint density at radius 1 is 0.818 bits per heavy atom. The molecule has 8 nitrogen and oxygen atoms in total. The van der Waals surface area contributed by atoms with Gasteiger partial charge in [-0.3, -0.25) is 13.9 Å². The second-order valence-corrected chi connectivity index (χ2v) is 12.6. The van der Waals surface area contributed by atoms with E-state index in [0.717, 1.165) is 9.87 Å². The summed E-state index contributed by atoms with van der Waals surface area (Å²) in [6.07, 6.45) is 0. The van der Waals surface area contributed by atoms with Gasteiger partial charge >= 0.3 is 0 Å². The highest BCUT2D eigenvalue weighted by molar-refractivity contribution is 7.92. The van der Waals surface area contributed by atoms with Crippen LogP contribution in [0.5, 0.6) is 11.5 Å². The maximum absolute atomic E-state index is 14.0. The number of nitrogens with zero attached hydrogens (tertiary/aromatic N) is 2. The largest absolute Gasteiger partial charge is 0.457 e. The van der Waals surface area contributed by atoms with E-state index < -0.39 is 40.2 Å². The number of benzene rings is 4. The third-order valence-corrected chi connectivity index (χ3v) is 8.64. The van der Waals surface area contributed by atoms with Crippen molar-refractivity contribution in [3.05, 3.63) is 120 Å². The highest BCUT2D eigenvalue weighted by atomic mass is 32.2. The lowest BCUT2D eigenvalue weighted by atomic mass is 10.1. The summed E-state index contributed by atoms with van der Waals surface area (Å²) in [6.45, 7) is 6.41. The van der Waals surface area contributed by atoms with E-state index in [1.807, 2.05) is 25.1 Å². The number of anilines is 1. The molecule has 230 valence electrons. The predicted octanol–water partition coefficient (Wildman–Crippen LogP) is 6.06. The minimum Gasteiger partial charge on any atom is -0.457 e. The summed E-state index contributed by atoms with van der Waals surface area (Å²) in [5.74, 6) is -0.348. The highest BCUT2D eigenvalue weighted by Gasteiger charge is 2.32. The molecule has 0 bridgehead atoms. The van der Waals surface area contributed by atoms with Crippen LogP contribution in [0.4, 0.5) is 10.1 Å². The Morgan fingerprint density at radius 2 is 1.41 bits per heavy atom. The maximum Gasteiger partial charge on any atom is 0.264 e. The number of aryl methyl sites for hydroxylation is 1. The number of carbonyl (C=O) groups is 2. The van der Waals surface area contributed by atoms with Gasteiger partial charge in [0.2, 0.25) is 11.8 Å². The standard InChI is InChI=1S/C34H36FN3O5S/c1-24(2)36-34(40)26(4)37(22-27-12-14-28(35)15-13-27)33(39)23-38(44(41,42)32-20-10-25(3)11-21-32)29-16-18-31(19-17-29)43-30-8-6-5-7-9-30/h5-21,24,26H,22-23H2,1-4H3,(H,36,40)/t26-/m1/s1. The molecule has 0 aliphatic rings. The molecule has 10 heteroatoms. The first-order chi connectivity index (χ1) is 20.9. The van der Waals surface area contributed by atoms with Gasteiger partial charge < -0.3 is 15.0 Å². The van der Waals surface area contributed by atoms with Crippen molar-refractivity contribution >= 4 is 27.5 Å². The first-order valence-corrected chi connectivity index (χ1v) is 15.6. The summed E-state index contributed by atoms with van der Waals surface area (Å²) in [7, 11) is -4.22. The lowest BCUT2D eigenvalue weighted by Gasteiger charge is -2.32. The fraction of sp³-hybridized carbons (Fsp3) is 0.235. The average molecular weight is 618 g/mol. The van der Waals surface area contributed by atoms with Crippen LogP contribution in [0.25, 0.3) is 0 Å². The van der Waals surface area contributed by atoms with Crippen molar-refractivity contribution in [2.24, 2.45) is 0 Å². The molecule has 0 aliphatic heterocycles. The summed E-state index contributed by atoms with van der Waals surface area (Å²) in [6, 6.07) is 26.3. The van der Waals surface area contributed by atoms with Gasteiger partial charge in [-0.15, -0.1) is 0 Å². The molecule has 1 atom stereocenters. The lowest BCUT2D eigenvalue weighted by molar-refractivity contribution is -0.139. The van der Waals surface area contributed by atoms with Crippen molar-refractivity contribution < 1.29 is 27.1 Å². The van der Waals surface area contributed by atoms with Crippen LogP contribution in [-0.4, -0.2) is 43.8 Å². The zero-order valence-corrected chi connectivity index (χ0v) is 25.9. The van der Waals surface area contributed by atoms with Crippen molar-refractivity contribution in [2.75, 3.05) is 10.8 Å². The zero-order valence-electron chi connectivity index (χ0n) is 25.1. The quantitative estimate of drug-likeness (QED) is 0.208. The number of amides is 2. The van der Waals surface area contributed by atoms with Gasteiger partial charge in [-0.1, -0.05) is 48.0 Å². The summed E-state index contributed by atoms with van der Waals surface area (Å²) in [5, 5.41) is 2.81. The fourth-order valence-electron chi connectivity index (χ4n) is 4.45. The molecule has 0 fully saturated rings. The van der Waals surface area contributed by atoms with E-state index in [1.54, 1.807) is 69.3 Å². The smallest absolute Gasteiger partial charge is 0.264 e. The second-order valence-electron chi connectivity index (χ2n) is 10.7. The van der Waals surface area contributed by atoms with Gasteiger partial charge in [0, 0.05) is 12.6 Å². The molecule has 1 N–H and O–H groups in total. The maximum atomic E-state index is 14.0. The summed E-state index contributed by atoms with van der Waals surface area (Å²) >= 11 is 0. The van der Waals surface area contributed by atoms with Crippen LogP contribution in [0.1, 0.15) is 31.9 Å². The van der Waals surface area contributed by atoms with Gasteiger partial charge in [0.15, 0.2) is 0 Å². The van der Waals surface area contributed by atoms with Gasteiger partial charge in [0.25, 0.3) is 10.0 Å². The average Bonchev–Trinajstić information content (AvgIpc) is 3.00. The van der Waals surface area contributed by atoms with Crippen molar-refractivity contribution in [1.82, 2.24) is 10.2 Å². The van der Waals surface area contributed by atoms with E-state index in [4.69, 9.17) is 4.74 Å². The number of rotatable bonds is 12. The third kappa shape index (κ3) is 8.23. The molecule has 4 aromatic rings. The number of ether oxygens (including phenoxy) is 1. The van der Waals surface area contributed by atoms with E-state index in [1.165, 1.54) is 41.3 Å². The first-order valence-electron chi connectivity index (χ1n) is 14.2. The van der Waals surface area contributed by atoms with Crippen molar-refractivity contribution in [3.8, 4) is 11.5 Å². The summed E-state index contributed by atoms with van der Waals surface area (Å²) < 4.78 is 48.6. The Labute approximate surface area is 258 Å². The fourth-order valence-corrected chi connectivity index (χ4v) is 5.86. The molecule has 0 spiro atoms. The SMILES string of the molecule is Cc1ccc(S(=O)(=O)N(CC(=O)N(Cc2ccc(F)cc2)[C@H](C)C(=O)NC(C)C)c2ccc(Oc3ccccc3)cc2)cc1. The van der Waals surface area contributed by atoms with Gasteiger partial charge in [-0.25, -0.2) is 12.8 Å². The molecule has 44 heavy (non-hydrogen) atoms. The molecule has 2 amide bonds. The Hall–Kier alpha value is -4.70. The van der Waals surface area contributed by atoms with Gasteiger partial charge in [-0.05, 0) is 93.9 Å². The Bertz CT molecular complexity index is 1660. The normalized spacial score (nSPS) is 12.0. The van der Waals surface area contributed by atoms with Crippen LogP contribution in [0.3, 0.4) is 0 Å². The van der Waals surface area contributed by atoms with E-state index in [0.29, 0.717) is 17.1 Å². The topological polar surface area (TPSA) is 96.0 Å². The molecular formula is C34H36FN3O5S. The van der Waals surface area contributed by atoms with E-state index in [-0.39, 0.29) is 23.2 Å². The molecule has 0 heterocycles. The van der Waals surface area contributed by atoms with Crippen molar-refractivity contribution in [3.63, 3.8) is 0 Å². The lowest BCUT2D eigenvalue weighted by Crippen LogP contribution is -2.52. The number of nitrogens with one attached hydrogen (secondary N) is 1. The molecule has 4 aromatic carbocycles. The van der Waals surface area contributed by atoms with Crippen LogP contribution < -0.4 is 14.4 Å². The molecule has 4 rings (SSSR count). The van der Waals surface area contributed by atoms with Gasteiger partial charge in [-0.2, -0.15) is 0 Å². The van der Waals surface area contributed by atoms with Crippen LogP contribution >= 0.6 is 0 Å². The van der Waals surface area contributed by atoms with Crippen LogP contribution in [0.2, 0.25) is 0 Å². The molecule has 0 radical (unpaired) electrons. The molecule has 0 unspecified atom stereocenters. The Balaban J connectivity index is 1.70. The van der Waals surface area contributed by atoms with Crippen molar-refractivity contribution in [2.45, 2.75) is 51.2 Å². The highest BCUT2D eigenvalue weighted by Crippen LogP contribution is 2.29. The molecule has 0 saturated carbocycles. The van der Waals surface area contributed by atoms with E-state index >= 15 is 0 Å². The van der Waals surface area contributed by atoms with E-state index in [2.05, 4.69) is 5.32 Å². The minimum atomic E-state index is -4.22. The minimum absolute atomic E-state index is 0.0104. The summed E-state index contributed by atoms with van der Waals surface area (Å²) in [5.41, 5.74) is 1.70. The monoisotopic (exact) mass is 617 g/mol. The van der Waals surface area contributed by atoms with Gasteiger partial charge in [0.05, 0.1) is 10.6 Å². The summed E-state index contributed by atoms with van der Waals surface area (Å²) in [4.78, 5) is 28.3. The second kappa shape index (κ2) is 14.2. The molecular weight excluding hydrogens is 581 g/mol. The predicted molar refractivity (Wildman–Crippen MR) is 168 cm³/mol. The van der Waals surface area contributed by atoms with Crippen molar-refractivity contribution in [1.29, 1.82) is 0 Å². The van der Waals surface area contributed by atoms with Gasteiger partial charge in [0.1, 0.15) is 29.9 Å². The zero-order chi connectivity index (χ0) is 31.9. The first kappa shape index (κ1) is 32.2. The van der Waals surface area contributed by atoms with Crippen LogP contribution in [0.15, 0.2) is 108 Å². The Morgan fingerprint density at radius 3 is 2.00 bits per heavy atom. The Kier molecular flexibility index (Phi) is 10.4. The number of carbonyl (C=O) groups excluding carboxylic acids is 2. The van der Waals surface area contributed by atoms with Crippen LogP contribution in [-0.2, 0) is 26.2 Å². The molecule has 0 aromatic heterocycles.